The van der Waals surface area contributed by atoms with Crippen LogP contribution < -0.4 is 5.32 Å². The Kier molecular flexibility index (Phi) is 69.4. The van der Waals surface area contributed by atoms with E-state index in [1.54, 1.807) is 0 Å². The fourth-order valence-electron chi connectivity index (χ4n) is 11.5. The van der Waals surface area contributed by atoms with Crippen molar-refractivity contribution >= 4 is 11.9 Å². The third-order valence-electron chi connectivity index (χ3n) is 17.1. The molecule has 482 valence electrons. The molecule has 1 amide bonds. The average Bonchev–Trinajstić information content (AvgIpc) is 3.48. The fraction of sp³-hybridized carbons (Fsp3) is 0.868. The first-order valence-electron chi connectivity index (χ1n) is 36.9. The van der Waals surface area contributed by atoms with Gasteiger partial charge in [-0.3, -0.25) is 9.59 Å². The number of carbonyl (C=O) groups excluding carboxylic acids is 2. The van der Waals surface area contributed by atoms with Crippen LogP contribution in [-0.4, -0.2) is 47.4 Å². The SMILES string of the molecule is CCCCC/C=C\C/C=C\CCCCCCCCCCCC(=O)OCCCCCCCCCCCCC/C=C\C/C=C\CCCCCCCCCCCCCCCCCCCC(=O)NC(CO)C(O)CCCCCCCCCCCCC. The third kappa shape index (κ3) is 67.0. The van der Waals surface area contributed by atoms with Crippen LogP contribution in [0, 0.1) is 0 Å². The number of ether oxygens (including phenoxy) is 1. The summed E-state index contributed by atoms with van der Waals surface area (Å²) < 4.78 is 5.51. The highest BCUT2D eigenvalue weighted by atomic mass is 16.5. The topological polar surface area (TPSA) is 95.9 Å². The molecular formula is C76H143NO5. The van der Waals surface area contributed by atoms with Gasteiger partial charge in [-0.2, -0.15) is 0 Å². The molecule has 6 heteroatoms. The van der Waals surface area contributed by atoms with Gasteiger partial charge in [-0.1, -0.05) is 345 Å². The molecule has 0 aliphatic carbocycles. The molecule has 0 aliphatic rings. The summed E-state index contributed by atoms with van der Waals surface area (Å²) in [7, 11) is 0. The van der Waals surface area contributed by atoms with E-state index in [4.69, 9.17) is 4.74 Å². The molecule has 2 atom stereocenters. The van der Waals surface area contributed by atoms with E-state index in [2.05, 4.69) is 67.8 Å². The second-order valence-corrected chi connectivity index (χ2v) is 25.3. The molecule has 82 heavy (non-hydrogen) atoms. The lowest BCUT2D eigenvalue weighted by atomic mass is 10.0. The highest BCUT2D eigenvalue weighted by Crippen LogP contribution is 2.19. The minimum Gasteiger partial charge on any atom is -0.466 e. The molecule has 0 fully saturated rings. The van der Waals surface area contributed by atoms with Crippen LogP contribution in [0.15, 0.2) is 48.6 Å². The zero-order chi connectivity index (χ0) is 59.2. The zero-order valence-electron chi connectivity index (χ0n) is 55.2. The molecule has 0 aromatic carbocycles. The van der Waals surface area contributed by atoms with E-state index in [1.165, 1.54) is 308 Å². The number of hydrogen-bond acceptors (Lipinski definition) is 5. The summed E-state index contributed by atoms with van der Waals surface area (Å²) in [4.78, 5) is 24.6. The van der Waals surface area contributed by atoms with Crippen molar-refractivity contribution in [2.75, 3.05) is 13.2 Å². The summed E-state index contributed by atoms with van der Waals surface area (Å²) in [6, 6.07) is -0.539. The number of rotatable bonds is 69. The molecule has 0 heterocycles. The van der Waals surface area contributed by atoms with E-state index in [9.17, 15) is 19.8 Å². The second kappa shape index (κ2) is 71.3. The molecule has 0 aromatic heterocycles. The summed E-state index contributed by atoms with van der Waals surface area (Å²) in [5.41, 5.74) is 0. The molecule has 0 saturated heterocycles. The smallest absolute Gasteiger partial charge is 0.305 e. The van der Waals surface area contributed by atoms with E-state index in [0.29, 0.717) is 25.9 Å². The fourth-order valence-corrected chi connectivity index (χ4v) is 11.5. The molecule has 0 bridgehead atoms. The van der Waals surface area contributed by atoms with Crippen LogP contribution in [0.3, 0.4) is 0 Å². The molecule has 0 rings (SSSR count). The number of nitrogens with one attached hydrogen (secondary N) is 1. The van der Waals surface area contributed by atoms with E-state index < -0.39 is 12.1 Å². The number of hydrogen-bond donors (Lipinski definition) is 3. The molecule has 0 spiro atoms. The van der Waals surface area contributed by atoms with Gasteiger partial charge in [0.25, 0.3) is 0 Å². The molecular weight excluding hydrogens is 1010 g/mol. The van der Waals surface area contributed by atoms with Crippen molar-refractivity contribution in [3.05, 3.63) is 48.6 Å². The first-order chi connectivity index (χ1) is 40.5. The maximum Gasteiger partial charge on any atom is 0.305 e. The van der Waals surface area contributed by atoms with Gasteiger partial charge in [0.1, 0.15) is 0 Å². The Hall–Kier alpha value is -2.18. The number of aliphatic hydroxyl groups excluding tert-OH is 2. The van der Waals surface area contributed by atoms with Gasteiger partial charge < -0.3 is 20.3 Å². The summed E-state index contributed by atoms with van der Waals surface area (Å²) in [5, 5.41) is 23.2. The van der Waals surface area contributed by atoms with Gasteiger partial charge >= 0.3 is 5.97 Å². The monoisotopic (exact) mass is 1150 g/mol. The maximum absolute atomic E-state index is 12.5. The van der Waals surface area contributed by atoms with E-state index >= 15 is 0 Å². The van der Waals surface area contributed by atoms with Crippen molar-refractivity contribution in [2.45, 2.75) is 411 Å². The van der Waals surface area contributed by atoms with Crippen LogP contribution in [-0.2, 0) is 14.3 Å². The van der Waals surface area contributed by atoms with Crippen molar-refractivity contribution in [3.8, 4) is 0 Å². The molecule has 6 nitrogen and oxygen atoms in total. The molecule has 0 aliphatic heterocycles. The Balaban J connectivity index is 3.35. The summed E-state index contributed by atoms with van der Waals surface area (Å²) in [6.07, 6.45) is 93.3. The van der Waals surface area contributed by atoms with Gasteiger partial charge in [0, 0.05) is 12.8 Å². The lowest BCUT2D eigenvalue weighted by molar-refractivity contribution is -0.143. The predicted octanol–water partition coefficient (Wildman–Crippen LogP) is 24.0. The summed E-state index contributed by atoms with van der Waals surface area (Å²) >= 11 is 0. The van der Waals surface area contributed by atoms with Crippen LogP contribution >= 0.6 is 0 Å². The van der Waals surface area contributed by atoms with Crippen molar-refractivity contribution in [1.82, 2.24) is 5.32 Å². The van der Waals surface area contributed by atoms with E-state index in [-0.39, 0.29) is 18.5 Å². The average molecular weight is 1150 g/mol. The van der Waals surface area contributed by atoms with Crippen LogP contribution in [0.2, 0.25) is 0 Å². The van der Waals surface area contributed by atoms with Crippen LogP contribution in [0.25, 0.3) is 0 Å². The van der Waals surface area contributed by atoms with Gasteiger partial charge in [0.2, 0.25) is 5.91 Å². The van der Waals surface area contributed by atoms with Crippen LogP contribution in [0.1, 0.15) is 399 Å². The molecule has 2 unspecified atom stereocenters. The Labute approximate surface area is 512 Å². The van der Waals surface area contributed by atoms with Gasteiger partial charge in [-0.25, -0.2) is 0 Å². The predicted molar refractivity (Wildman–Crippen MR) is 361 cm³/mol. The standard InChI is InChI=1S/C76H143NO5/c1-3-5-7-9-11-13-15-16-17-18-36-40-43-46-50-54-58-62-66-70-76(81)82-71-67-63-59-55-51-47-44-41-38-35-33-31-29-27-25-23-21-19-20-22-24-26-28-30-32-34-37-39-42-45-49-53-57-61-65-69-75(80)77-73(72-78)74(79)68-64-60-56-52-48-14-12-10-8-6-4-2/h11,13,16-17,21,23,27,29,73-74,78-79H,3-10,12,14-15,18-20,22,24-26,28,30-72H2,1-2H3,(H,77,80)/b13-11-,17-16-,23-21-,29-27-. The number of carbonyl (C=O) groups is 2. The quantitative estimate of drug-likeness (QED) is 0.0320. The molecule has 0 aromatic rings. The Morgan fingerprint density at radius 3 is 0.951 bits per heavy atom. The minimum atomic E-state index is -0.661. The number of aliphatic hydroxyl groups is 2. The Morgan fingerprint density at radius 2 is 0.610 bits per heavy atom. The molecule has 3 N–H and O–H groups in total. The second-order valence-electron chi connectivity index (χ2n) is 25.3. The number of allylic oxidation sites excluding steroid dienone is 8. The minimum absolute atomic E-state index is 0.0132. The lowest BCUT2D eigenvalue weighted by Gasteiger charge is -2.22. The van der Waals surface area contributed by atoms with Crippen LogP contribution in [0.4, 0.5) is 0 Å². The molecule has 0 radical (unpaired) electrons. The van der Waals surface area contributed by atoms with Gasteiger partial charge in [0.05, 0.1) is 25.4 Å². The normalized spacial score (nSPS) is 12.8. The van der Waals surface area contributed by atoms with Crippen LogP contribution in [0.5, 0.6) is 0 Å². The Morgan fingerprint density at radius 1 is 0.341 bits per heavy atom. The highest BCUT2D eigenvalue weighted by Gasteiger charge is 2.20. The maximum atomic E-state index is 12.5. The largest absolute Gasteiger partial charge is 0.466 e. The lowest BCUT2D eigenvalue weighted by Crippen LogP contribution is -2.45. The zero-order valence-corrected chi connectivity index (χ0v) is 55.2. The summed E-state index contributed by atoms with van der Waals surface area (Å²) in [5.74, 6) is -0.0190. The first kappa shape index (κ1) is 79.8. The van der Waals surface area contributed by atoms with E-state index in [0.717, 1.165) is 57.8 Å². The van der Waals surface area contributed by atoms with Crippen molar-refractivity contribution < 1.29 is 24.5 Å². The number of esters is 1. The highest BCUT2D eigenvalue weighted by molar-refractivity contribution is 5.76. The van der Waals surface area contributed by atoms with E-state index in [1.807, 2.05) is 0 Å². The third-order valence-corrected chi connectivity index (χ3v) is 17.1. The molecule has 0 saturated carbocycles. The van der Waals surface area contributed by atoms with Crippen molar-refractivity contribution in [3.63, 3.8) is 0 Å². The first-order valence-corrected chi connectivity index (χ1v) is 36.9. The Bertz CT molecular complexity index is 1370. The van der Waals surface area contributed by atoms with Gasteiger partial charge in [0.15, 0.2) is 0 Å². The van der Waals surface area contributed by atoms with Crippen molar-refractivity contribution in [2.24, 2.45) is 0 Å². The van der Waals surface area contributed by atoms with Gasteiger partial charge in [-0.15, -0.1) is 0 Å². The number of unbranched alkanes of at least 4 members (excludes halogenated alkanes) is 50. The number of amides is 1. The van der Waals surface area contributed by atoms with Gasteiger partial charge in [-0.05, 0) is 89.9 Å². The van der Waals surface area contributed by atoms with Crippen molar-refractivity contribution in [1.29, 1.82) is 0 Å². The summed E-state index contributed by atoms with van der Waals surface area (Å²) in [6.45, 7) is 4.94.